The lowest BCUT2D eigenvalue weighted by Crippen LogP contribution is -2.41. The van der Waals surface area contributed by atoms with Gasteiger partial charge in [0.15, 0.2) is 8.32 Å². The molecule has 1 aromatic carbocycles. The molecule has 0 radical (unpaired) electrons. The molecule has 0 N–H and O–H groups in total. The number of carbonyl (C=O) groups is 1. The lowest BCUT2D eigenvalue weighted by atomic mass is 10.0. The molecule has 3 heteroatoms. The van der Waals surface area contributed by atoms with Crippen molar-refractivity contribution < 1.29 is 9.22 Å². The van der Waals surface area contributed by atoms with Crippen molar-refractivity contribution in [3.8, 4) is 0 Å². The van der Waals surface area contributed by atoms with Gasteiger partial charge in [-0.2, -0.15) is 0 Å². The number of unbranched alkanes of at least 4 members (excludes halogenated alkanes) is 4. The summed E-state index contributed by atoms with van der Waals surface area (Å²) in [5, 5.41) is 0.226. The third-order valence-electron chi connectivity index (χ3n) is 4.95. The van der Waals surface area contributed by atoms with Gasteiger partial charge in [0, 0.05) is 6.42 Å². The van der Waals surface area contributed by atoms with Gasteiger partial charge in [-0.25, -0.2) is 0 Å². The zero-order chi connectivity index (χ0) is 17.3. The fourth-order valence-electron chi connectivity index (χ4n) is 2.40. The third-order valence-corrected chi connectivity index (χ3v) is 9.44. The van der Waals surface area contributed by atoms with E-state index in [0.29, 0.717) is 6.42 Å². The molecule has 0 aromatic heterocycles. The summed E-state index contributed by atoms with van der Waals surface area (Å²) in [5.74, 6) is 0. The Labute approximate surface area is 143 Å². The molecule has 1 atom stereocenters. The van der Waals surface area contributed by atoms with E-state index in [4.69, 9.17) is 4.43 Å². The second kappa shape index (κ2) is 9.38. The van der Waals surface area contributed by atoms with Crippen LogP contribution in [-0.2, 0) is 9.22 Å². The van der Waals surface area contributed by atoms with Crippen molar-refractivity contribution in [2.45, 2.75) is 83.5 Å². The Hall–Kier alpha value is -0.933. The van der Waals surface area contributed by atoms with Crippen LogP contribution in [0, 0.1) is 0 Å². The Bertz CT molecular complexity index is 448. The number of hydrogen-bond donors (Lipinski definition) is 0. The first-order chi connectivity index (χ1) is 10.8. The van der Waals surface area contributed by atoms with Gasteiger partial charge in [-0.15, -0.1) is 0 Å². The molecule has 0 bridgehead atoms. The first-order valence-electron chi connectivity index (χ1n) is 8.94. The van der Waals surface area contributed by atoms with Crippen LogP contribution >= 0.6 is 0 Å². The SMILES string of the molecule is CC(C)(C)[Si](C)(C)OC(CCCCCCC=O)c1ccccc1. The number of hydrogen-bond acceptors (Lipinski definition) is 2. The smallest absolute Gasteiger partial charge is 0.192 e. The van der Waals surface area contributed by atoms with Gasteiger partial charge in [-0.3, -0.25) is 0 Å². The van der Waals surface area contributed by atoms with Crippen molar-refractivity contribution >= 4 is 14.6 Å². The number of carbonyl (C=O) groups excluding carboxylic acids is 1. The molecular formula is C20H34O2Si. The Morgan fingerprint density at radius 3 is 2.22 bits per heavy atom. The van der Waals surface area contributed by atoms with Gasteiger partial charge >= 0.3 is 0 Å². The lowest BCUT2D eigenvalue weighted by Gasteiger charge is -2.39. The average Bonchev–Trinajstić information content (AvgIpc) is 2.49. The van der Waals surface area contributed by atoms with E-state index in [-0.39, 0.29) is 11.1 Å². The van der Waals surface area contributed by atoms with Crippen molar-refractivity contribution in [1.82, 2.24) is 0 Å². The summed E-state index contributed by atoms with van der Waals surface area (Å²) in [4.78, 5) is 10.4. The third kappa shape index (κ3) is 7.00. The molecule has 2 nitrogen and oxygen atoms in total. The molecule has 130 valence electrons. The van der Waals surface area contributed by atoms with Crippen molar-refractivity contribution in [2.75, 3.05) is 0 Å². The minimum Gasteiger partial charge on any atom is -0.410 e. The molecule has 23 heavy (non-hydrogen) atoms. The molecule has 1 aromatic rings. The Morgan fingerprint density at radius 1 is 1.04 bits per heavy atom. The van der Waals surface area contributed by atoms with E-state index in [1.807, 2.05) is 0 Å². The largest absolute Gasteiger partial charge is 0.410 e. The summed E-state index contributed by atoms with van der Waals surface area (Å²) in [7, 11) is -1.78. The van der Waals surface area contributed by atoms with Gasteiger partial charge in [-0.1, -0.05) is 70.4 Å². The highest BCUT2D eigenvalue weighted by Gasteiger charge is 2.39. The average molecular weight is 335 g/mol. The molecule has 0 saturated carbocycles. The topological polar surface area (TPSA) is 26.3 Å². The molecule has 0 amide bonds. The van der Waals surface area contributed by atoms with Gasteiger partial charge in [0.25, 0.3) is 0 Å². The van der Waals surface area contributed by atoms with Crippen molar-refractivity contribution in [2.24, 2.45) is 0 Å². The maximum atomic E-state index is 10.4. The minimum absolute atomic E-state index is 0.197. The van der Waals surface area contributed by atoms with E-state index in [1.54, 1.807) is 0 Å². The summed E-state index contributed by atoms with van der Waals surface area (Å²) in [6.45, 7) is 11.5. The monoisotopic (exact) mass is 334 g/mol. The van der Waals surface area contributed by atoms with Crippen LogP contribution in [0.15, 0.2) is 30.3 Å². The fourth-order valence-corrected chi connectivity index (χ4v) is 3.72. The second-order valence-corrected chi connectivity index (χ2v) is 12.7. The number of benzene rings is 1. The Balaban J connectivity index is 2.66. The van der Waals surface area contributed by atoms with E-state index in [9.17, 15) is 4.79 Å². The highest BCUT2D eigenvalue weighted by atomic mass is 28.4. The van der Waals surface area contributed by atoms with E-state index < -0.39 is 8.32 Å². The predicted molar refractivity (Wildman–Crippen MR) is 101 cm³/mol. The molecule has 0 aliphatic heterocycles. The highest BCUT2D eigenvalue weighted by Crippen LogP contribution is 2.40. The molecule has 0 saturated heterocycles. The normalized spacial score (nSPS) is 13.8. The standard InChI is InChI=1S/C20H34O2Si/c1-20(2,3)23(4,5)22-19(18-14-10-9-11-15-18)16-12-7-6-8-13-17-21/h9-11,14-15,17,19H,6-8,12-13,16H2,1-5H3. The van der Waals surface area contributed by atoms with Crippen LogP contribution in [0.2, 0.25) is 18.1 Å². The molecule has 0 aliphatic rings. The summed E-state index contributed by atoms with van der Waals surface area (Å²) < 4.78 is 6.70. The van der Waals surface area contributed by atoms with Gasteiger partial charge in [0.1, 0.15) is 6.29 Å². The second-order valence-electron chi connectivity index (χ2n) is 7.94. The summed E-state index contributed by atoms with van der Waals surface area (Å²) >= 11 is 0. The van der Waals surface area contributed by atoms with E-state index in [1.165, 1.54) is 12.0 Å². The summed E-state index contributed by atoms with van der Waals surface area (Å²) in [6, 6.07) is 10.6. The molecule has 0 aliphatic carbocycles. The van der Waals surface area contributed by atoms with Crippen molar-refractivity contribution in [1.29, 1.82) is 0 Å². The van der Waals surface area contributed by atoms with Crippen LogP contribution in [0.4, 0.5) is 0 Å². The van der Waals surface area contributed by atoms with Crippen molar-refractivity contribution in [3.05, 3.63) is 35.9 Å². The van der Waals surface area contributed by atoms with E-state index >= 15 is 0 Å². The molecule has 0 spiro atoms. The van der Waals surface area contributed by atoms with Gasteiger partial charge in [0.2, 0.25) is 0 Å². The van der Waals surface area contributed by atoms with Crippen LogP contribution in [0.5, 0.6) is 0 Å². The Morgan fingerprint density at radius 2 is 1.65 bits per heavy atom. The van der Waals surface area contributed by atoms with Gasteiger partial charge < -0.3 is 9.22 Å². The lowest BCUT2D eigenvalue weighted by molar-refractivity contribution is -0.107. The van der Waals surface area contributed by atoms with Crippen LogP contribution in [-0.4, -0.2) is 14.6 Å². The first-order valence-corrected chi connectivity index (χ1v) is 11.8. The molecular weight excluding hydrogens is 300 g/mol. The zero-order valence-corrected chi connectivity index (χ0v) is 16.6. The molecule has 0 heterocycles. The zero-order valence-electron chi connectivity index (χ0n) is 15.6. The quantitative estimate of drug-likeness (QED) is 0.285. The number of rotatable bonds is 10. The van der Waals surface area contributed by atoms with E-state index in [0.717, 1.165) is 32.0 Å². The fraction of sp³-hybridized carbons (Fsp3) is 0.650. The predicted octanol–water partition coefficient (Wildman–Crippen LogP) is 6.29. The highest BCUT2D eigenvalue weighted by molar-refractivity contribution is 6.74. The first kappa shape index (κ1) is 20.1. The van der Waals surface area contributed by atoms with Crippen molar-refractivity contribution in [3.63, 3.8) is 0 Å². The van der Waals surface area contributed by atoms with Gasteiger partial charge in [-0.05, 0) is 36.5 Å². The molecule has 1 unspecified atom stereocenters. The van der Waals surface area contributed by atoms with Crippen LogP contribution in [0.25, 0.3) is 0 Å². The minimum atomic E-state index is -1.78. The van der Waals surface area contributed by atoms with E-state index in [2.05, 4.69) is 64.2 Å². The maximum Gasteiger partial charge on any atom is 0.192 e. The Kier molecular flexibility index (Phi) is 8.21. The van der Waals surface area contributed by atoms with Crippen LogP contribution in [0.3, 0.4) is 0 Å². The summed E-state index contributed by atoms with van der Waals surface area (Å²) in [6.07, 6.45) is 7.48. The molecule has 0 fully saturated rings. The van der Waals surface area contributed by atoms with Gasteiger partial charge in [0.05, 0.1) is 6.10 Å². The van der Waals surface area contributed by atoms with Crippen LogP contribution < -0.4 is 0 Å². The number of aldehydes is 1. The molecule has 1 rings (SSSR count). The van der Waals surface area contributed by atoms with Crippen LogP contribution in [0.1, 0.15) is 71.0 Å². The maximum absolute atomic E-state index is 10.4. The summed E-state index contributed by atoms with van der Waals surface area (Å²) in [5.41, 5.74) is 1.30.